The van der Waals surface area contributed by atoms with Crippen molar-refractivity contribution in [3.8, 4) is 0 Å². The van der Waals surface area contributed by atoms with Crippen molar-refractivity contribution in [3.63, 3.8) is 0 Å². The standard InChI is InChI=1S/C17H16Cl2N2O2/c1-11-9-13(18)7-8-16(11)21(12(2)22)10-17(23)20-15-6-4-3-5-14(15)19/h3-9H,10H2,1-2H3,(H,20,23). The van der Waals surface area contributed by atoms with Gasteiger partial charge < -0.3 is 10.2 Å². The van der Waals surface area contributed by atoms with Gasteiger partial charge in [0.05, 0.1) is 10.7 Å². The largest absolute Gasteiger partial charge is 0.323 e. The molecule has 0 saturated carbocycles. The van der Waals surface area contributed by atoms with E-state index in [1.54, 1.807) is 42.5 Å². The first-order chi connectivity index (χ1) is 10.9. The van der Waals surface area contributed by atoms with Gasteiger partial charge in [-0.25, -0.2) is 0 Å². The lowest BCUT2D eigenvalue weighted by atomic mass is 10.1. The Kier molecular flexibility index (Phi) is 5.64. The van der Waals surface area contributed by atoms with Crippen LogP contribution in [0.4, 0.5) is 11.4 Å². The number of para-hydroxylation sites is 1. The molecule has 2 aromatic carbocycles. The van der Waals surface area contributed by atoms with Gasteiger partial charge in [-0.15, -0.1) is 0 Å². The number of hydrogen-bond acceptors (Lipinski definition) is 2. The molecule has 0 aliphatic carbocycles. The third-order valence-electron chi connectivity index (χ3n) is 3.28. The molecule has 2 amide bonds. The summed E-state index contributed by atoms with van der Waals surface area (Å²) in [5.74, 6) is -0.563. The second-order valence-corrected chi connectivity index (χ2v) is 5.91. The average molecular weight is 351 g/mol. The first kappa shape index (κ1) is 17.3. The van der Waals surface area contributed by atoms with E-state index < -0.39 is 0 Å². The molecular weight excluding hydrogens is 335 g/mol. The van der Waals surface area contributed by atoms with Crippen LogP contribution in [0.15, 0.2) is 42.5 Å². The Labute approximate surface area is 145 Å². The number of amides is 2. The van der Waals surface area contributed by atoms with Crippen LogP contribution >= 0.6 is 23.2 Å². The van der Waals surface area contributed by atoms with Gasteiger partial charge in [-0.2, -0.15) is 0 Å². The summed E-state index contributed by atoms with van der Waals surface area (Å²) >= 11 is 12.0. The molecule has 0 atom stereocenters. The number of hydrogen-bond donors (Lipinski definition) is 1. The number of nitrogens with zero attached hydrogens (tertiary/aromatic N) is 1. The van der Waals surface area contributed by atoms with E-state index in [0.29, 0.717) is 21.4 Å². The molecule has 0 fully saturated rings. The molecule has 2 rings (SSSR count). The minimum atomic E-state index is -0.331. The monoisotopic (exact) mass is 350 g/mol. The Morgan fingerprint density at radius 2 is 1.83 bits per heavy atom. The molecule has 0 saturated heterocycles. The number of halogens is 2. The van der Waals surface area contributed by atoms with Crippen LogP contribution in [0.3, 0.4) is 0 Å². The lowest BCUT2D eigenvalue weighted by Gasteiger charge is -2.23. The molecule has 0 unspecified atom stereocenters. The van der Waals surface area contributed by atoms with Crippen LogP contribution in [0.1, 0.15) is 12.5 Å². The number of anilines is 2. The number of benzene rings is 2. The highest BCUT2D eigenvalue weighted by molar-refractivity contribution is 6.33. The normalized spacial score (nSPS) is 10.3. The Morgan fingerprint density at radius 1 is 1.13 bits per heavy atom. The highest BCUT2D eigenvalue weighted by Gasteiger charge is 2.18. The summed E-state index contributed by atoms with van der Waals surface area (Å²) in [4.78, 5) is 25.6. The summed E-state index contributed by atoms with van der Waals surface area (Å²) in [5.41, 5.74) is 1.98. The average Bonchev–Trinajstić information content (AvgIpc) is 2.48. The van der Waals surface area contributed by atoms with Crippen molar-refractivity contribution in [2.75, 3.05) is 16.8 Å². The van der Waals surface area contributed by atoms with Gasteiger partial charge in [0.1, 0.15) is 6.54 Å². The summed E-state index contributed by atoms with van der Waals surface area (Å²) in [7, 11) is 0. The molecule has 0 aliphatic heterocycles. The summed E-state index contributed by atoms with van der Waals surface area (Å²) in [6, 6.07) is 12.1. The molecule has 0 spiro atoms. The van der Waals surface area contributed by atoms with Crippen molar-refractivity contribution < 1.29 is 9.59 Å². The summed E-state index contributed by atoms with van der Waals surface area (Å²) in [5, 5.41) is 3.73. The first-order valence-electron chi connectivity index (χ1n) is 6.97. The van der Waals surface area contributed by atoms with E-state index in [1.807, 2.05) is 6.92 Å². The van der Waals surface area contributed by atoms with E-state index in [1.165, 1.54) is 11.8 Å². The van der Waals surface area contributed by atoms with Crippen molar-refractivity contribution in [2.24, 2.45) is 0 Å². The van der Waals surface area contributed by atoms with Gasteiger partial charge in [0, 0.05) is 17.6 Å². The van der Waals surface area contributed by atoms with E-state index in [2.05, 4.69) is 5.32 Å². The fourth-order valence-electron chi connectivity index (χ4n) is 2.18. The Hall–Kier alpha value is -2.04. The first-order valence-corrected chi connectivity index (χ1v) is 7.72. The fourth-order valence-corrected chi connectivity index (χ4v) is 2.59. The van der Waals surface area contributed by atoms with Crippen molar-refractivity contribution in [1.29, 1.82) is 0 Å². The fraction of sp³-hybridized carbons (Fsp3) is 0.176. The minimum absolute atomic E-state index is 0.108. The molecule has 0 heterocycles. The zero-order valence-electron chi connectivity index (χ0n) is 12.8. The molecule has 1 N–H and O–H groups in total. The maximum atomic E-state index is 12.2. The minimum Gasteiger partial charge on any atom is -0.323 e. The Bertz CT molecular complexity index is 747. The molecule has 0 aromatic heterocycles. The predicted molar refractivity (Wildman–Crippen MR) is 94.3 cm³/mol. The molecule has 6 heteroatoms. The number of carbonyl (C=O) groups excluding carboxylic acids is 2. The van der Waals surface area contributed by atoms with Crippen molar-refractivity contribution in [1.82, 2.24) is 0 Å². The maximum absolute atomic E-state index is 12.2. The van der Waals surface area contributed by atoms with E-state index >= 15 is 0 Å². The van der Waals surface area contributed by atoms with Gasteiger partial charge >= 0.3 is 0 Å². The molecule has 23 heavy (non-hydrogen) atoms. The van der Waals surface area contributed by atoms with E-state index in [-0.39, 0.29) is 18.4 Å². The SMILES string of the molecule is CC(=O)N(CC(=O)Nc1ccccc1Cl)c1ccc(Cl)cc1C. The van der Waals surface area contributed by atoms with Crippen LogP contribution in [0.25, 0.3) is 0 Å². The van der Waals surface area contributed by atoms with Gasteiger partial charge in [-0.3, -0.25) is 9.59 Å². The number of aryl methyl sites for hydroxylation is 1. The topological polar surface area (TPSA) is 49.4 Å². The van der Waals surface area contributed by atoms with Gasteiger partial charge in [0.15, 0.2) is 0 Å². The number of carbonyl (C=O) groups is 2. The van der Waals surface area contributed by atoms with Crippen molar-refractivity contribution in [3.05, 3.63) is 58.1 Å². The van der Waals surface area contributed by atoms with Crippen LogP contribution in [0.2, 0.25) is 10.0 Å². The molecule has 120 valence electrons. The molecule has 2 aromatic rings. The quantitative estimate of drug-likeness (QED) is 0.893. The molecule has 0 bridgehead atoms. The highest BCUT2D eigenvalue weighted by atomic mass is 35.5. The molecule has 0 radical (unpaired) electrons. The lowest BCUT2D eigenvalue weighted by Crippen LogP contribution is -2.37. The summed E-state index contributed by atoms with van der Waals surface area (Å²) in [6.07, 6.45) is 0. The third kappa shape index (κ3) is 4.47. The summed E-state index contributed by atoms with van der Waals surface area (Å²) < 4.78 is 0. The second-order valence-electron chi connectivity index (χ2n) is 5.06. The van der Waals surface area contributed by atoms with Gasteiger partial charge in [0.25, 0.3) is 0 Å². The molecular formula is C17H16Cl2N2O2. The zero-order chi connectivity index (χ0) is 17.0. The van der Waals surface area contributed by atoms with Crippen molar-refractivity contribution in [2.45, 2.75) is 13.8 Å². The van der Waals surface area contributed by atoms with Gasteiger partial charge in [-0.05, 0) is 42.8 Å². The Morgan fingerprint density at radius 3 is 2.43 bits per heavy atom. The third-order valence-corrected chi connectivity index (χ3v) is 3.84. The van der Waals surface area contributed by atoms with Gasteiger partial charge in [-0.1, -0.05) is 35.3 Å². The second kappa shape index (κ2) is 7.49. The molecule has 0 aliphatic rings. The predicted octanol–water partition coefficient (Wildman–Crippen LogP) is 4.29. The van der Waals surface area contributed by atoms with Crippen LogP contribution < -0.4 is 10.2 Å². The van der Waals surface area contributed by atoms with Crippen molar-refractivity contribution >= 4 is 46.4 Å². The van der Waals surface area contributed by atoms with E-state index in [9.17, 15) is 9.59 Å². The Balaban J connectivity index is 2.18. The summed E-state index contributed by atoms with van der Waals surface area (Å²) in [6.45, 7) is 3.14. The lowest BCUT2D eigenvalue weighted by molar-refractivity contribution is -0.120. The highest BCUT2D eigenvalue weighted by Crippen LogP contribution is 2.24. The van der Waals surface area contributed by atoms with Gasteiger partial charge in [0.2, 0.25) is 11.8 Å². The van der Waals surface area contributed by atoms with E-state index in [4.69, 9.17) is 23.2 Å². The smallest absolute Gasteiger partial charge is 0.244 e. The van der Waals surface area contributed by atoms with Crippen LogP contribution in [-0.4, -0.2) is 18.4 Å². The van der Waals surface area contributed by atoms with Crippen LogP contribution in [0.5, 0.6) is 0 Å². The molecule has 4 nitrogen and oxygen atoms in total. The van der Waals surface area contributed by atoms with E-state index in [0.717, 1.165) is 5.56 Å². The number of rotatable bonds is 4. The van der Waals surface area contributed by atoms with Crippen LogP contribution in [0, 0.1) is 6.92 Å². The van der Waals surface area contributed by atoms with Crippen LogP contribution in [-0.2, 0) is 9.59 Å². The maximum Gasteiger partial charge on any atom is 0.244 e. The zero-order valence-corrected chi connectivity index (χ0v) is 14.3. The number of nitrogens with one attached hydrogen (secondary N) is 1.